The number of carboxylic acid groups (broad SMARTS) is 1. The minimum absolute atomic E-state index is 0.311. The van der Waals surface area contributed by atoms with Crippen molar-refractivity contribution in [3.05, 3.63) is 17.8 Å². The lowest BCUT2D eigenvalue weighted by Crippen LogP contribution is -2.54. The van der Waals surface area contributed by atoms with Crippen molar-refractivity contribution in [2.24, 2.45) is 0 Å². The normalized spacial score (nSPS) is 24.1. The molecule has 0 saturated carbocycles. The van der Waals surface area contributed by atoms with Crippen LogP contribution in [0.15, 0.2) is 12.1 Å². The number of piperidine rings is 1. The smallest absolute Gasteiger partial charge is 0.475 e. The number of carboxylic acids is 1. The van der Waals surface area contributed by atoms with Gasteiger partial charge in [0.25, 0.3) is 0 Å². The molecule has 3 aliphatic heterocycles. The molecule has 32 heavy (non-hydrogen) atoms. The number of rotatable bonds is 4. The van der Waals surface area contributed by atoms with Gasteiger partial charge in [-0.1, -0.05) is 0 Å². The summed E-state index contributed by atoms with van der Waals surface area (Å²) in [6.07, 6.45) is -2.50. The van der Waals surface area contributed by atoms with Crippen LogP contribution in [0, 0.1) is 6.92 Å². The number of likely N-dealkylation sites (tertiary alicyclic amines) is 1. The minimum atomic E-state index is -5.08. The topological polar surface area (TPSA) is 99.1 Å². The average Bonchev–Trinajstić information content (AvgIpc) is 3.18. The maximum atomic E-state index is 12.5. The fraction of sp³-hybridized carbons (Fsp3) is 0.700. The molecule has 0 bridgehead atoms. The number of carbonyl (C=O) groups excluding carboxylic acids is 1. The Morgan fingerprint density at radius 2 is 1.81 bits per heavy atom. The second kappa shape index (κ2) is 10.4. The molecule has 2 atom stereocenters. The number of fused-ring (bicyclic) bond motifs is 1. The summed E-state index contributed by atoms with van der Waals surface area (Å²) in [6.45, 7) is 8.24. The molecule has 0 spiro atoms. The number of hydrogen-bond acceptors (Lipinski definition) is 7. The molecule has 0 unspecified atom stereocenters. The molecular weight excluding hydrogens is 431 g/mol. The van der Waals surface area contributed by atoms with Gasteiger partial charge in [-0.3, -0.25) is 9.69 Å². The van der Waals surface area contributed by atoms with E-state index in [2.05, 4.69) is 31.0 Å². The second-order valence-corrected chi connectivity index (χ2v) is 8.03. The average molecular weight is 459 g/mol. The zero-order valence-electron chi connectivity index (χ0n) is 17.9. The van der Waals surface area contributed by atoms with E-state index in [9.17, 15) is 18.0 Å². The third-order valence-corrected chi connectivity index (χ3v) is 5.97. The predicted molar refractivity (Wildman–Crippen MR) is 108 cm³/mol. The molecule has 9 nitrogen and oxygen atoms in total. The van der Waals surface area contributed by atoms with Crippen LogP contribution >= 0.6 is 0 Å². The first-order chi connectivity index (χ1) is 15.2. The maximum Gasteiger partial charge on any atom is 0.490 e. The van der Waals surface area contributed by atoms with E-state index >= 15 is 0 Å². The monoisotopic (exact) mass is 459 g/mol. The van der Waals surface area contributed by atoms with E-state index < -0.39 is 12.1 Å². The summed E-state index contributed by atoms with van der Waals surface area (Å²) in [5.41, 5.74) is 0.936. The molecule has 3 aliphatic rings. The van der Waals surface area contributed by atoms with Crippen LogP contribution in [0.1, 0.15) is 25.0 Å². The first-order valence-electron chi connectivity index (χ1n) is 10.6. The van der Waals surface area contributed by atoms with Gasteiger partial charge in [-0.2, -0.15) is 18.3 Å². The fourth-order valence-electron chi connectivity index (χ4n) is 4.34. The standard InChI is InChI=1S/C18H27N5O2.C2HF3O2/c1-14-2-4-17(20-19-14)22-7-6-16-15(22)3-5-18(24)23(16)9-8-21-10-12-25-13-11-21;3-2(4,5)1(6)7/h2,4,15-16H,3,5-13H2,1H3;(H,6,7)/t15-,16-;/m0./s1. The van der Waals surface area contributed by atoms with Crippen molar-refractivity contribution in [1.29, 1.82) is 0 Å². The lowest BCUT2D eigenvalue weighted by Gasteiger charge is -2.41. The molecule has 1 N–H and O–H groups in total. The van der Waals surface area contributed by atoms with Crippen LogP contribution < -0.4 is 4.90 Å². The van der Waals surface area contributed by atoms with Crippen molar-refractivity contribution in [2.45, 2.75) is 44.4 Å². The summed E-state index contributed by atoms with van der Waals surface area (Å²) < 4.78 is 37.1. The highest BCUT2D eigenvalue weighted by Crippen LogP contribution is 2.33. The van der Waals surface area contributed by atoms with E-state index in [1.165, 1.54) is 0 Å². The van der Waals surface area contributed by atoms with Gasteiger partial charge in [-0.25, -0.2) is 4.79 Å². The van der Waals surface area contributed by atoms with Crippen LogP contribution in [-0.2, 0) is 14.3 Å². The first kappa shape index (κ1) is 24.2. The van der Waals surface area contributed by atoms with E-state index in [0.717, 1.165) is 70.3 Å². The molecule has 1 aromatic rings. The zero-order chi connectivity index (χ0) is 23.3. The molecule has 3 fully saturated rings. The molecule has 4 rings (SSSR count). The van der Waals surface area contributed by atoms with Gasteiger partial charge in [-0.05, 0) is 31.9 Å². The van der Waals surface area contributed by atoms with E-state index in [4.69, 9.17) is 14.6 Å². The Labute approximate surface area is 184 Å². The van der Waals surface area contributed by atoms with Gasteiger partial charge in [-0.15, -0.1) is 5.10 Å². The van der Waals surface area contributed by atoms with Crippen LogP contribution in [0.25, 0.3) is 0 Å². The van der Waals surface area contributed by atoms with Crippen LogP contribution in [0.2, 0.25) is 0 Å². The maximum absolute atomic E-state index is 12.5. The molecule has 1 amide bonds. The molecular formula is C20H28F3N5O4. The number of aliphatic carboxylic acids is 1. The molecule has 4 heterocycles. The number of nitrogens with zero attached hydrogens (tertiary/aromatic N) is 5. The fourth-order valence-corrected chi connectivity index (χ4v) is 4.34. The van der Waals surface area contributed by atoms with Crippen molar-refractivity contribution in [2.75, 3.05) is 50.8 Å². The molecule has 12 heteroatoms. The number of carbonyl (C=O) groups is 2. The number of alkyl halides is 3. The van der Waals surface area contributed by atoms with Gasteiger partial charge in [0.1, 0.15) is 0 Å². The number of halogens is 3. The molecule has 0 radical (unpaired) electrons. The number of anilines is 1. The van der Waals surface area contributed by atoms with Gasteiger partial charge < -0.3 is 19.6 Å². The second-order valence-electron chi connectivity index (χ2n) is 8.03. The highest BCUT2D eigenvalue weighted by molar-refractivity contribution is 5.78. The summed E-state index contributed by atoms with van der Waals surface area (Å²) in [4.78, 5) is 28.3. The van der Waals surface area contributed by atoms with E-state index in [-0.39, 0.29) is 0 Å². The lowest BCUT2D eigenvalue weighted by atomic mass is 9.96. The van der Waals surface area contributed by atoms with Gasteiger partial charge in [0.2, 0.25) is 5.91 Å². The van der Waals surface area contributed by atoms with Gasteiger partial charge in [0.15, 0.2) is 5.82 Å². The Morgan fingerprint density at radius 1 is 1.12 bits per heavy atom. The molecule has 178 valence electrons. The Balaban J connectivity index is 0.000000360. The minimum Gasteiger partial charge on any atom is -0.475 e. The summed E-state index contributed by atoms with van der Waals surface area (Å²) in [5, 5.41) is 15.7. The van der Waals surface area contributed by atoms with Crippen LogP contribution in [0.3, 0.4) is 0 Å². The number of morpholine rings is 1. The Kier molecular flexibility index (Phi) is 7.88. The highest BCUT2D eigenvalue weighted by atomic mass is 19.4. The number of aryl methyl sites for hydroxylation is 1. The van der Waals surface area contributed by atoms with Crippen LogP contribution in [0.4, 0.5) is 19.0 Å². The third kappa shape index (κ3) is 6.06. The Morgan fingerprint density at radius 3 is 2.41 bits per heavy atom. The number of hydrogen-bond donors (Lipinski definition) is 1. The van der Waals surface area contributed by atoms with Crippen molar-refractivity contribution in [3.63, 3.8) is 0 Å². The predicted octanol–water partition coefficient (Wildman–Crippen LogP) is 1.32. The first-order valence-corrected chi connectivity index (χ1v) is 10.6. The van der Waals surface area contributed by atoms with Gasteiger partial charge in [0, 0.05) is 39.1 Å². The molecule has 0 aromatic carbocycles. The van der Waals surface area contributed by atoms with E-state index in [1.807, 2.05) is 13.0 Å². The van der Waals surface area contributed by atoms with Crippen molar-refractivity contribution in [3.8, 4) is 0 Å². The summed E-state index contributed by atoms with van der Waals surface area (Å²) in [7, 11) is 0. The highest BCUT2D eigenvalue weighted by Gasteiger charge is 2.43. The Bertz CT molecular complexity index is 786. The third-order valence-electron chi connectivity index (χ3n) is 5.97. The zero-order valence-corrected chi connectivity index (χ0v) is 17.9. The largest absolute Gasteiger partial charge is 0.490 e. The van der Waals surface area contributed by atoms with Crippen LogP contribution in [0.5, 0.6) is 0 Å². The summed E-state index contributed by atoms with van der Waals surface area (Å²) >= 11 is 0. The lowest BCUT2D eigenvalue weighted by molar-refractivity contribution is -0.192. The SMILES string of the molecule is Cc1ccc(N2CC[C@H]3[C@@H]2CCC(=O)N3CCN2CCOCC2)nn1.O=C(O)C(F)(F)F. The van der Waals surface area contributed by atoms with E-state index in [0.29, 0.717) is 24.4 Å². The van der Waals surface area contributed by atoms with Crippen LogP contribution in [-0.4, -0.2) is 101 Å². The summed E-state index contributed by atoms with van der Waals surface area (Å²) in [5.74, 6) is -1.50. The Hall–Kier alpha value is -2.47. The van der Waals surface area contributed by atoms with Gasteiger partial charge >= 0.3 is 12.1 Å². The quantitative estimate of drug-likeness (QED) is 0.720. The number of aromatic nitrogens is 2. The molecule has 3 saturated heterocycles. The summed E-state index contributed by atoms with van der Waals surface area (Å²) in [6, 6.07) is 4.75. The molecule has 0 aliphatic carbocycles. The number of amides is 1. The molecule has 1 aromatic heterocycles. The van der Waals surface area contributed by atoms with Crippen molar-refractivity contribution < 1.29 is 32.6 Å². The number of ether oxygens (including phenoxy) is 1. The van der Waals surface area contributed by atoms with Crippen molar-refractivity contribution in [1.82, 2.24) is 20.0 Å². The van der Waals surface area contributed by atoms with E-state index in [1.54, 1.807) is 0 Å². The van der Waals surface area contributed by atoms with Gasteiger partial charge in [0.05, 0.1) is 31.0 Å². The van der Waals surface area contributed by atoms with Crippen molar-refractivity contribution >= 4 is 17.7 Å².